The lowest BCUT2D eigenvalue weighted by Crippen LogP contribution is -2.54. The molecule has 2 atom stereocenters. The van der Waals surface area contributed by atoms with Gasteiger partial charge in [-0.1, -0.05) is 30.3 Å². The van der Waals surface area contributed by atoms with Crippen molar-refractivity contribution in [3.05, 3.63) is 35.9 Å². The number of rotatable bonds is 2. The first-order valence-electron chi connectivity index (χ1n) is 7.50. The molecule has 0 saturated carbocycles. The molecule has 0 radical (unpaired) electrons. The van der Waals surface area contributed by atoms with Gasteiger partial charge in [-0.2, -0.15) is 0 Å². The topological polar surface area (TPSA) is 58.6 Å². The second kappa shape index (κ2) is 6.26. The predicted octanol–water partition coefficient (Wildman–Crippen LogP) is 1.26. The van der Waals surface area contributed by atoms with Gasteiger partial charge in [0.1, 0.15) is 6.61 Å². The van der Waals surface area contributed by atoms with Crippen molar-refractivity contribution in [2.45, 2.75) is 31.4 Å². The van der Waals surface area contributed by atoms with Crippen molar-refractivity contribution >= 4 is 11.8 Å². The number of nitrogens with one attached hydrogen (secondary N) is 1. The number of amides is 2. The number of hydrogen-bond donors (Lipinski definition) is 1. The highest BCUT2D eigenvalue weighted by Gasteiger charge is 2.38. The van der Waals surface area contributed by atoms with E-state index in [1.165, 1.54) is 6.42 Å². The summed E-state index contributed by atoms with van der Waals surface area (Å²) in [6, 6.07) is 9.14. The molecule has 2 fully saturated rings. The van der Waals surface area contributed by atoms with Crippen molar-refractivity contribution in [3.8, 4) is 0 Å². The SMILES string of the molecule is O=C1CO[C@H](C(=O)N2CCCCC2)[C@@H](c2ccccc2)N1. The first-order chi connectivity index (χ1) is 10.3. The van der Waals surface area contributed by atoms with Crippen LogP contribution in [0.5, 0.6) is 0 Å². The van der Waals surface area contributed by atoms with Gasteiger partial charge in [-0.3, -0.25) is 9.59 Å². The summed E-state index contributed by atoms with van der Waals surface area (Å²) >= 11 is 0. The van der Waals surface area contributed by atoms with Crippen molar-refractivity contribution in [3.63, 3.8) is 0 Å². The van der Waals surface area contributed by atoms with Crippen molar-refractivity contribution in [1.29, 1.82) is 0 Å². The minimum atomic E-state index is -0.622. The molecule has 112 valence electrons. The van der Waals surface area contributed by atoms with Gasteiger partial charge < -0.3 is 15.0 Å². The van der Waals surface area contributed by atoms with Gasteiger partial charge in [0.25, 0.3) is 5.91 Å². The minimum Gasteiger partial charge on any atom is -0.356 e. The smallest absolute Gasteiger partial charge is 0.254 e. The number of piperidine rings is 1. The van der Waals surface area contributed by atoms with E-state index in [4.69, 9.17) is 4.74 Å². The molecule has 5 nitrogen and oxygen atoms in total. The van der Waals surface area contributed by atoms with Crippen LogP contribution in [-0.2, 0) is 14.3 Å². The van der Waals surface area contributed by atoms with E-state index < -0.39 is 12.1 Å². The molecular formula is C16H20N2O3. The van der Waals surface area contributed by atoms with Gasteiger partial charge >= 0.3 is 0 Å². The van der Waals surface area contributed by atoms with Gasteiger partial charge in [-0.05, 0) is 24.8 Å². The molecule has 3 rings (SSSR count). The zero-order valence-electron chi connectivity index (χ0n) is 12.0. The molecular weight excluding hydrogens is 268 g/mol. The Labute approximate surface area is 124 Å². The fraction of sp³-hybridized carbons (Fsp3) is 0.500. The number of hydrogen-bond acceptors (Lipinski definition) is 3. The summed E-state index contributed by atoms with van der Waals surface area (Å²) in [5.41, 5.74) is 0.904. The van der Waals surface area contributed by atoms with Gasteiger partial charge in [0.2, 0.25) is 5.91 Å². The second-order valence-electron chi connectivity index (χ2n) is 5.57. The molecule has 1 N–H and O–H groups in total. The molecule has 0 unspecified atom stereocenters. The van der Waals surface area contributed by atoms with Crippen LogP contribution >= 0.6 is 0 Å². The largest absolute Gasteiger partial charge is 0.356 e. The van der Waals surface area contributed by atoms with Crippen molar-refractivity contribution in [2.75, 3.05) is 19.7 Å². The molecule has 2 heterocycles. The molecule has 2 aliphatic heterocycles. The maximum atomic E-state index is 12.7. The van der Waals surface area contributed by atoms with Crippen LogP contribution in [0.25, 0.3) is 0 Å². The van der Waals surface area contributed by atoms with Gasteiger partial charge in [0.05, 0.1) is 6.04 Å². The summed E-state index contributed by atoms with van der Waals surface area (Å²) < 4.78 is 5.57. The number of ether oxygens (including phenoxy) is 1. The molecule has 0 aliphatic carbocycles. The molecule has 1 aromatic rings. The fourth-order valence-corrected chi connectivity index (χ4v) is 2.98. The summed E-state index contributed by atoms with van der Waals surface area (Å²) in [5.74, 6) is -0.185. The monoisotopic (exact) mass is 288 g/mol. The maximum absolute atomic E-state index is 12.7. The van der Waals surface area contributed by atoms with E-state index in [1.54, 1.807) is 0 Å². The van der Waals surface area contributed by atoms with E-state index in [0.717, 1.165) is 31.5 Å². The first-order valence-corrected chi connectivity index (χ1v) is 7.50. The summed E-state index contributed by atoms with van der Waals surface area (Å²) in [4.78, 5) is 26.2. The Morgan fingerprint density at radius 1 is 1.14 bits per heavy atom. The Hall–Kier alpha value is -1.88. The van der Waals surface area contributed by atoms with E-state index in [2.05, 4.69) is 5.32 Å². The maximum Gasteiger partial charge on any atom is 0.254 e. The van der Waals surface area contributed by atoms with Crippen LogP contribution in [-0.4, -0.2) is 42.5 Å². The van der Waals surface area contributed by atoms with Crippen LogP contribution in [0.15, 0.2) is 30.3 Å². The summed E-state index contributed by atoms with van der Waals surface area (Å²) in [6.07, 6.45) is 2.64. The van der Waals surface area contributed by atoms with Crippen molar-refractivity contribution in [1.82, 2.24) is 10.2 Å². The first kappa shape index (κ1) is 14.1. The zero-order chi connectivity index (χ0) is 14.7. The Morgan fingerprint density at radius 3 is 2.57 bits per heavy atom. The Balaban J connectivity index is 1.80. The fourth-order valence-electron chi connectivity index (χ4n) is 2.98. The van der Waals surface area contributed by atoms with E-state index in [9.17, 15) is 9.59 Å². The predicted molar refractivity (Wildman–Crippen MR) is 77.5 cm³/mol. The molecule has 0 spiro atoms. The summed E-state index contributed by atoms with van der Waals surface area (Å²) in [6.45, 7) is 1.52. The lowest BCUT2D eigenvalue weighted by atomic mass is 9.98. The van der Waals surface area contributed by atoms with Crippen molar-refractivity contribution in [2.24, 2.45) is 0 Å². The molecule has 0 bridgehead atoms. The van der Waals surface area contributed by atoms with Gasteiger partial charge in [0, 0.05) is 13.1 Å². The van der Waals surface area contributed by atoms with E-state index in [1.807, 2.05) is 35.2 Å². The zero-order valence-corrected chi connectivity index (χ0v) is 12.0. The molecule has 2 aliphatic rings. The van der Waals surface area contributed by atoms with E-state index >= 15 is 0 Å². The average molecular weight is 288 g/mol. The highest BCUT2D eigenvalue weighted by Crippen LogP contribution is 2.25. The number of carbonyl (C=O) groups excluding carboxylic acids is 2. The standard InChI is InChI=1S/C16H20N2O3/c19-13-11-21-15(16(20)18-9-5-2-6-10-18)14(17-13)12-7-3-1-4-8-12/h1,3-4,7-8,14-15H,2,5-6,9-11H2,(H,17,19)/t14-,15+/m1/s1. The molecule has 0 aromatic heterocycles. The van der Waals surface area contributed by atoms with Crippen LogP contribution in [0.2, 0.25) is 0 Å². The Bertz CT molecular complexity index is 512. The van der Waals surface area contributed by atoms with Crippen molar-refractivity contribution < 1.29 is 14.3 Å². The number of carbonyl (C=O) groups is 2. The lowest BCUT2D eigenvalue weighted by Gasteiger charge is -2.36. The van der Waals surface area contributed by atoms with Crippen LogP contribution in [0.1, 0.15) is 30.9 Å². The highest BCUT2D eigenvalue weighted by molar-refractivity contribution is 5.86. The molecule has 2 saturated heterocycles. The number of benzene rings is 1. The minimum absolute atomic E-state index is 0.0106. The molecule has 1 aromatic carbocycles. The van der Waals surface area contributed by atoms with Gasteiger partial charge in [-0.25, -0.2) is 0 Å². The molecule has 2 amide bonds. The third-order valence-electron chi connectivity index (χ3n) is 4.08. The Kier molecular flexibility index (Phi) is 4.20. The Morgan fingerprint density at radius 2 is 1.86 bits per heavy atom. The summed E-state index contributed by atoms with van der Waals surface area (Å²) in [7, 11) is 0. The average Bonchev–Trinajstić information content (AvgIpc) is 2.56. The van der Waals surface area contributed by atoms with Crippen LogP contribution in [0.4, 0.5) is 0 Å². The van der Waals surface area contributed by atoms with E-state index in [0.29, 0.717) is 0 Å². The van der Waals surface area contributed by atoms with Gasteiger partial charge in [-0.15, -0.1) is 0 Å². The molecule has 5 heteroatoms. The number of likely N-dealkylation sites (tertiary alicyclic amines) is 1. The number of morpholine rings is 1. The number of nitrogens with zero attached hydrogens (tertiary/aromatic N) is 1. The van der Waals surface area contributed by atoms with Gasteiger partial charge in [0.15, 0.2) is 6.10 Å². The quantitative estimate of drug-likeness (QED) is 0.891. The third kappa shape index (κ3) is 3.08. The summed E-state index contributed by atoms with van der Waals surface area (Å²) in [5, 5.41) is 2.89. The second-order valence-corrected chi connectivity index (χ2v) is 5.57. The van der Waals surface area contributed by atoms with E-state index in [-0.39, 0.29) is 18.4 Å². The van der Waals surface area contributed by atoms with Crippen LogP contribution in [0.3, 0.4) is 0 Å². The molecule has 21 heavy (non-hydrogen) atoms. The normalized spacial score (nSPS) is 26.3. The van der Waals surface area contributed by atoms with Crippen LogP contribution < -0.4 is 5.32 Å². The highest BCUT2D eigenvalue weighted by atomic mass is 16.5. The third-order valence-corrected chi connectivity index (χ3v) is 4.08. The van der Waals surface area contributed by atoms with Crippen LogP contribution in [0, 0.1) is 0 Å². The lowest BCUT2D eigenvalue weighted by molar-refractivity contribution is -0.155.